The van der Waals surface area contributed by atoms with Crippen molar-refractivity contribution in [3.05, 3.63) is 24.3 Å². The first-order valence-electron chi connectivity index (χ1n) is 5.48. The number of hydrogen-bond acceptors (Lipinski definition) is 3. The second-order valence-corrected chi connectivity index (χ2v) is 4.56. The molecule has 0 amide bonds. The summed E-state index contributed by atoms with van der Waals surface area (Å²) in [6.07, 6.45) is 8.19. The van der Waals surface area contributed by atoms with Gasteiger partial charge in [0.05, 0.1) is 5.69 Å². The molecule has 0 spiro atoms. The third-order valence-electron chi connectivity index (χ3n) is 2.56. The number of anilines is 1. The Morgan fingerprint density at radius 3 is 3.11 bits per heavy atom. The summed E-state index contributed by atoms with van der Waals surface area (Å²) in [7, 11) is 0. The van der Waals surface area contributed by atoms with Gasteiger partial charge < -0.3 is 0 Å². The van der Waals surface area contributed by atoms with E-state index in [9.17, 15) is 0 Å². The number of nitrogens with one attached hydrogen (secondary N) is 1. The lowest BCUT2D eigenvalue weighted by molar-refractivity contribution is 0.855. The summed E-state index contributed by atoms with van der Waals surface area (Å²) in [6, 6.07) is 8.44. The smallest absolute Gasteiger partial charge is 0.118 e. The SMILES string of the molecule is C#CCN=C1CCN(c2cccc(SC)c2)N1.Cl. The maximum atomic E-state index is 5.19. The number of nitrogens with zero attached hydrogens (tertiary/aromatic N) is 2. The summed E-state index contributed by atoms with van der Waals surface area (Å²) in [5.41, 5.74) is 4.44. The van der Waals surface area contributed by atoms with Crippen LogP contribution in [0.5, 0.6) is 0 Å². The molecule has 0 unspecified atom stereocenters. The van der Waals surface area contributed by atoms with Crippen LogP contribution in [0, 0.1) is 12.3 Å². The molecule has 1 aliphatic rings. The van der Waals surface area contributed by atoms with Gasteiger partial charge in [0.25, 0.3) is 0 Å². The second kappa shape index (κ2) is 7.20. The van der Waals surface area contributed by atoms with E-state index in [1.54, 1.807) is 11.8 Å². The molecule has 0 atom stereocenters. The minimum absolute atomic E-state index is 0. The van der Waals surface area contributed by atoms with Crippen LogP contribution in [-0.2, 0) is 0 Å². The number of hydrogen-bond donors (Lipinski definition) is 1. The standard InChI is InChI=1S/C13H15N3S.ClH/c1-3-8-14-13-7-9-16(15-13)11-5-4-6-12(10-11)17-2;/h1,4-6,10H,7-9H2,2H3,(H,14,15);1H. The fourth-order valence-corrected chi connectivity index (χ4v) is 2.17. The van der Waals surface area contributed by atoms with Gasteiger partial charge in [0, 0.05) is 17.9 Å². The molecule has 1 N–H and O–H groups in total. The molecule has 0 aromatic heterocycles. The van der Waals surface area contributed by atoms with Crippen LogP contribution in [-0.4, -0.2) is 25.2 Å². The molecule has 0 saturated carbocycles. The van der Waals surface area contributed by atoms with Crippen LogP contribution < -0.4 is 10.4 Å². The number of hydrazine groups is 1. The lowest BCUT2D eigenvalue weighted by Crippen LogP contribution is -2.33. The Morgan fingerprint density at radius 2 is 2.39 bits per heavy atom. The fourth-order valence-electron chi connectivity index (χ4n) is 1.71. The van der Waals surface area contributed by atoms with Gasteiger partial charge in [-0.1, -0.05) is 12.0 Å². The number of rotatable bonds is 3. The van der Waals surface area contributed by atoms with Crippen LogP contribution in [0.4, 0.5) is 5.69 Å². The molecule has 96 valence electrons. The quantitative estimate of drug-likeness (QED) is 0.682. The van der Waals surface area contributed by atoms with Crippen LogP contribution in [0.25, 0.3) is 0 Å². The highest BCUT2D eigenvalue weighted by Crippen LogP contribution is 2.22. The molecule has 1 heterocycles. The summed E-state index contributed by atoms with van der Waals surface area (Å²) in [5, 5.41) is 2.11. The summed E-state index contributed by atoms with van der Waals surface area (Å²) in [6.45, 7) is 1.38. The molecule has 1 fully saturated rings. The van der Waals surface area contributed by atoms with E-state index in [2.05, 4.69) is 51.9 Å². The zero-order chi connectivity index (χ0) is 12.1. The van der Waals surface area contributed by atoms with Crippen molar-refractivity contribution in [1.29, 1.82) is 0 Å². The molecule has 2 rings (SSSR count). The maximum absolute atomic E-state index is 5.19. The Labute approximate surface area is 118 Å². The van der Waals surface area contributed by atoms with Gasteiger partial charge in [0.2, 0.25) is 0 Å². The Balaban J connectivity index is 0.00000162. The minimum Gasteiger partial charge on any atom is -0.286 e. The fraction of sp³-hybridized carbons (Fsp3) is 0.308. The minimum atomic E-state index is 0. The van der Waals surface area contributed by atoms with Gasteiger partial charge in [-0.15, -0.1) is 30.6 Å². The highest BCUT2D eigenvalue weighted by atomic mass is 35.5. The molecule has 0 radical (unpaired) electrons. The number of terminal acetylenes is 1. The Morgan fingerprint density at radius 1 is 1.56 bits per heavy atom. The van der Waals surface area contributed by atoms with E-state index in [4.69, 9.17) is 6.42 Å². The predicted octanol–water partition coefficient (Wildman–Crippen LogP) is 2.58. The van der Waals surface area contributed by atoms with Crippen molar-refractivity contribution in [3.63, 3.8) is 0 Å². The lowest BCUT2D eigenvalue weighted by atomic mass is 10.3. The van der Waals surface area contributed by atoms with Crippen LogP contribution in [0.15, 0.2) is 34.2 Å². The first kappa shape index (κ1) is 14.7. The van der Waals surface area contributed by atoms with Crippen molar-refractivity contribution in [1.82, 2.24) is 5.43 Å². The summed E-state index contributed by atoms with van der Waals surface area (Å²) >= 11 is 1.75. The number of thioether (sulfide) groups is 1. The monoisotopic (exact) mass is 281 g/mol. The zero-order valence-electron chi connectivity index (χ0n) is 10.2. The lowest BCUT2D eigenvalue weighted by Gasteiger charge is -2.18. The Kier molecular flexibility index (Phi) is 5.90. The maximum Gasteiger partial charge on any atom is 0.118 e. The average Bonchev–Trinajstić information content (AvgIpc) is 2.85. The topological polar surface area (TPSA) is 27.6 Å². The van der Waals surface area contributed by atoms with Gasteiger partial charge in [-0.25, -0.2) is 0 Å². The van der Waals surface area contributed by atoms with Crippen LogP contribution in [0.1, 0.15) is 6.42 Å². The van der Waals surface area contributed by atoms with Gasteiger partial charge in [-0.2, -0.15) is 0 Å². The van der Waals surface area contributed by atoms with Crippen molar-refractivity contribution in [2.24, 2.45) is 4.99 Å². The van der Waals surface area contributed by atoms with E-state index in [1.165, 1.54) is 10.6 Å². The van der Waals surface area contributed by atoms with E-state index in [-0.39, 0.29) is 12.4 Å². The average molecular weight is 282 g/mol. The van der Waals surface area contributed by atoms with Crippen LogP contribution in [0.2, 0.25) is 0 Å². The highest BCUT2D eigenvalue weighted by molar-refractivity contribution is 7.98. The van der Waals surface area contributed by atoms with Crippen molar-refractivity contribution in [2.75, 3.05) is 24.4 Å². The van der Waals surface area contributed by atoms with E-state index in [0.717, 1.165) is 18.8 Å². The van der Waals surface area contributed by atoms with E-state index in [1.807, 2.05) is 0 Å². The van der Waals surface area contributed by atoms with E-state index >= 15 is 0 Å². The third kappa shape index (κ3) is 3.59. The van der Waals surface area contributed by atoms with Gasteiger partial charge >= 0.3 is 0 Å². The first-order valence-corrected chi connectivity index (χ1v) is 6.71. The molecule has 18 heavy (non-hydrogen) atoms. The van der Waals surface area contributed by atoms with E-state index in [0.29, 0.717) is 6.54 Å². The van der Waals surface area contributed by atoms with Gasteiger partial charge in [-0.3, -0.25) is 15.4 Å². The van der Waals surface area contributed by atoms with Gasteiger partial charge in [0.15, 0.2) is 0 Å². The molecule has 1 aromatic rings. The normalized spacial score (nSPS) is 16.0. The van der Waals surface area contributed by atoms with Crippen LogP contribution in [0.3, 0.4) is 0 Å². The predicted molar refractivity (Wildman–Crippen MR) is 81.7 cm³/mol. The van der Waals surface area contributed by atoms with Gasteiger partial charge in [0.1, 0.15) is 12.4 Å². The highest BCUT2D eigenvalue weighted by Gasteiger charge is 2.16. The number of amidine groups is 1. The summed E-state index contributed by atoms with van der Waals surface area (Å²) < 4.78 is 0. The van der Waals surface area contributed by atoms with Crippen molar-refractivity contribution in [2.45, 2.75) is 11.3 Å². The molecular weight excluding hydrogens is 266 g/mol. The van der Waals surface area contributed by atoms with Gasteiger partial charge in [-0.05, 0) is 24.5 Å². The summed E-state index contributed by atoms with van der Waals surface area (Å²) in [4.78, 5) is 5.54. The van der Waals surface area contributed by atoms with E-state index < -0.39 is 0 Å². The molecular formula is C13H16ClN3S. The number of benzene rings is 1. The van der Waals surface area contributed by atoms with Crippen LogP contribution >= 0.6 is 24.2 Å². The first-order chi connectivity index (χ1) is 8.33. The Bertz CT molecular complexity index is 468. The molecule has 1 saturated heterocycles. The zero-order valence-corrected chi connectivity index (χ0v) is 11.9. The molecule has 0 aliphatic carbocycles. The summed E-state index contributed by atoms with van der Waals surface area (Å²) in [5.74, 6) is 3.49. The van der Waals surface area contributed by atoms with Crippen molar-refractivity contribution >= 4 is 35.7 Å². The van der Waals surface area contributed by atoms with Crippen molar-refractivity contribution in [3.8, 4) is 12.3 Å². The molecule has 0 bridgehead atoms. The second-order valence-electron chi connectivity index (χ2n) is 3.68. The third-order valence-corrected chi connectivity index (χ3v) is 3.29. The molecule has 3 nitrogen and oxygen atoms in total. The van der Waals surface area contributed by atoms with Crippen molar-refractivity contribution < 1.29 is 0 Å². The number of halogens is 1. The largest absolute Gasteiger partial charge is 0.286 e. The molecule has 1 aromatic carbocycles. The Hall–Kier alpha value is -1.31. The molecule has 1 aliphatic heterocycles. The molecule has 5 heteroatoms. The number of aliphatic imine (C=N–C) groups is 1.